The molecule has 0 saturated heterocycles. The zero-order valence-electron chi connectivity index (χ0n) is 15.2. The fourth-order valence-electron chi connectivity index (χ4n) is 2.03. The molecule has 0 bridgehead atoms. The summed E-state index contributed by atoms with van der Waals surface area (Å²) in [4.78, 5) is 26.6. The van der Waals surface area contributed by atoms with E-state index in [0.717, 1.165) is 0 Å². The summed E-state index contributed by atoms with van der Waals surface area (Å²) in [7, 11) is 1.46. The molecule has 0 aliphatic rings. The van der Waals surface area contributed by atoms with Gasteiger partial charge in [0.15, 0.2) is 18.1 Å². The molecular weight excluding hydrogens is 408 g/mol. The first kappa shape index (κ1) is 21.5. The van der Waals surface area contributed by atoms with Crippen LogP contribution in [0.25, 0.3) is 0 Å². The van der Waals surface area contributed by atoms with Crippen molar-refractivity contribution >= 4 is 46.2 Å². The summed E-state index contributed by atoms with van der Waals surface area (Å²) >= 11 is 7.51. The van der Waals surface area contributed by atoms with Gasteiger partial charge in [-0.25, -0.2) is 4.98 Å². The van der Waals surface area contributed by atoms with Crippen molar-refractivity contribution in [2.45, 2.75) is 13.3 Å². The van der Waals surface area contributed by atoms with E-state index in [9.17, 15) is 9.59 Å². The minimum atomic E-state index is -0.612. The zero-order valence-corrected chi connectivity index (χ0v) is 16.8. The number of aromatic nitrogens is 1. The molecule has 1 heterocycles. The summed E-state index contributed by atoms with van der Waals surface area (Å²) in [5.41, 5.74) is 8.99. The average Bonchev–Trinajstić information content (AvgIpc) is 3.08. The van der Waals surface area contributed by atoms with E-state index in [0.29, 0.717) is 39.5 Å². The second-order valence-electron chi connectivity index (χ2n) is 5.28. The third kappa shape index (κ3) is 6.39. The molecule has 150 valence electrons. The number of primary amides is 1. The number of ether oxygens (including phenoxy) is 3. The SMILES string of the molecule is CCOC(=O)Cc1csc(NN=Cc2cc(OC)c(OCC(N)=O)cc2Cl)n1. The van der Waals surface area contributed by atoms with Crippen LogP contribution in [0.15, 0.2) is 22.6 Å². The van der Waals surface area contributed by atoms with Gasteiger partial charge >= 0.3 is 5.97 Å². The van der Waals surface area contributed by atoms with Crippen molar-refractivity contribution in [2.75, 3.05) is 25.7 Å². The molecule has 1 aromatic carbocycles. The Morgan fingerprint density at radius 3 is 2.86 bits per heavy atom. The molecule has 0 aliphatic heterocycles. The van der Waals surface area contributed by atoms with Gasteiger partial charge in [0.2, 0.25) is 5.13 Å². The minimum absolute atomic E-state index is 0.103. The number of hydrogen-bond acceptors (Lipinski definition) is 9. The predicted octanol–water partition coefficient (Wildman–Crippen LogP) is 2.22. The highest BCUT2D eigenvalue weighted by molar-refractivity contribution is 7.13. The molecule has 0 fully saturated rings. The number of methoxy groups -OCH3 is 1. The van der Waals surface area contributed by atoms with Gasteiger partial charge in [0.25, 0.3) is 5.91 Å². The van der Waals surface area contributed by atoms with Crippen LogP contribution in [0.1, 0.15) is 18.2 Å². The van der Waals surface area contributed by atoms with Gasteiger partial charge in [-0.2, -0.15) is 5.10 Å². The number of nitrogens with two attached hydrogens (primary N) is 1. The molecule has 0 spiro atoms. The molecule has 9 nitrogen and oxygen atoms in total. The number of nitrogens with zero attached hydrogens (tertiary/aromatic N) is 2. The number of carbonyl (C=O) groups excluding carboxylic acids is 2. The van der Waals surface area contributed by atoms with Crippen molar-refractivity contribution < 1.29 is 23.8 Å². The van der Waals surface area contributed by atoms with E-state index in [1.54, 1.807) is 18.4 Å². The molecule has 0 radical (unpaired) electrons. The molecule has 0 saturated carbocycles. The summed E-state index contributed by atoms with van der Waals surface area (Å²) in [6.45, 7) is 1.78. The van der Waals surface area contributed by atoms with Gasteiger partial charge in [-0.05, 0) is 13.0 Å². The Kier molecular flexibility index (Phi) is 8.02. The summed E-state index contributed by atoms with van der Waals surface area (Å²) in [6.07, 6.45) is 1.58. The fraction of sp³-hybridized carbons (Fsp3) is 0.294. The molecule has 11 heteroatoms. The second kappa shape index (κ2) is 10.5. The van der Waals surface area contributed by atoms with E-state index in [-0.39, 0.29) is 19.0 Å². The summed E-state index contributed by atoms with van der Waals surface area (Å²) < 4.78 is 15.4. The standard InChI is InChI=1S/C17H19ClN4O5S/c1-3-26-16(24)5-11-9-28-17(21-11)22-20-7-10-4-13(25-2)14(6-12(10)18)27-8-15(19)23/h4,6-7,9H,3,5,8H2,1-2H3,(H2,19,23)(H,21,22). The first-order chi connectivity index (χ1) is 13.4. The number of benzene rings is 1. The van der Waals surface area contributed by atoms with Crippen molar-refractivity contribution in [3.63, 3.8) is 0 Å². The van der Waals surface area contributed by atoms with Crippen molar-refractivity contribution in [3.05, 3.63) is 33.8 Å². The van der Waals surface area contributed by atoms with Crippen LogP contribution in [0.5, 0.6) is 11.5 Å². The van der Waals surface area contributed by atoms with Crippen LogP contribution >= 0.6 is 22.9 Å². The van der Waals surface area contributed by atoms with Gasteiger partial charge in [-0.3, -0.25) is 15.0 Å². The van der Waals surface area contributed by atoms with E-state index in [1.807, 2.05) is 0 Å². The van der Waals surface area contributed by atoms with Gasteiger partial charge in [0.05, 0.1) is 37.1 Å². The fourth-order valence-corrected chi connectivity index (χ4v) is 2.89. The van der Waals surface area contributed by atoms with Gasteiger partial charge in [0, 0.05) is 17.0 Å². The molecule has 2 aromatic rings. The molecule has 1 amide bonds. The lowest BCUT2D eigenvalue weighted by molar-refractivity contribution is -0.142. The third-order valence-corrected chi connectivity index (χ3v) is 4.32. The molecule has 0 aliphatic carbocycles. The maximum absolute atomic E-state index is 11.5. The number of hydrazone groups is 1. The number of amides is 1. The average molecular weight is 427 g/mol. The van der Waals surface area contributed by atoms with Gasteiger partial charge in [-0.15, -0.1) is 11.3 Å². The van der Waals surface area contributed by atoms with Crippen LogP contribution in [-0.4, -0.2) is 43.4 Å². The van der Waals surface area contributed by atoms with Crippen LogP contribution in [0, 0.1) is 0 Å². The minimum Gasteiger partial charge on any atom is -0.493 e. The van der Waals surface area contributed by atoms with Gasteiger partial charge < -0.3 is 19.9 Å². The van der Waals surface area contributed by atoms with Gasteiger partial charge in [0.1, 0.15) is 0 Å². The van der Waals surface area contributed by atoms with E-state index >= 15 is 0 Å². The molecule has 3 N–H and O–H groups in total. The number of anilines is 1. The molecule has 2 rings (SSSR count). The van der Waals surface area contributed by atoms with Crippen LogP contribution in [0.3, 0.4) is 0 Å². The number of nitrogens with one attached hydrogen (secondary N) is 1. The first-order valence-electron chi connectivity index (χ1n) is 8.10. The number of hydrogen-bond donors (Lipinski definition) is 2. The lowest BCUT2D eigenvalue weighted by Gasteiger charge is -2.11. The monoisotopic (exact) mass is 426 g/mol. The second-order valence-corrected chi connectivity index (χ2v) is 6.54. The van der Waals surface area contributed by atoms with E-state index < -0.39 is 5.91 Å². The Balaban J connectivity index is 2.03. The maximum Gasteiger partial charge on any atom is 0.311 e. The summed E-state index contributed by atoms with van der Waals surface area (Å²) in [5, 5.41) is 6.68. The van der Waals surface area contributed by atoms with Crippen LogP contribution in [0.2, 0.25) is 5.02 Å². The quantitative estimate of drug-likeness (QED) is 0.339. The molecular formula is C17H19ClN4O5S. The highest BCUT2D eigenvalue weighted by Gasteiger charge is 2.11. The smallest absolute Gasteiger partial charge is 0.311 e. The normalized spacial score (nSPS) is 10.7. The van der Waals surface area contributed by atoms with Crippen molar-refractivity contribution in [3.8, 4) is 11.5 Å². The number of rotatable bonds is 10. The zero-order chi connectivity index (χ0) is 20.5. The van der Waals surface area contributed by atoms with E-state index in [1.165, 1.54) is 30.7 Å². The van der Waals surface area contributed by atoms with E-state index in [4.69, 9.17) is 31.5 Å². The predicted molar refractivity (Wildman–Crippen MR) is 106 cm³/mol. The number of carbonyl (C=O) groups is 2. The number of thiazole rings is 1. The lowest BCUT2D eigenvalue weighted by Crippen LogP contribution is -2.20. The topological polar surface area (TPSA) is 125 Å². The van der Waals surface area contributed by atoms with Gasteiger partial charge in [-0.1, -0.05) is 11.6 Å². The Labute approximate surface area is 170 Å². The largest absolute Gasteiger partial charge is 0.493 e. The third-order valence-electron chi connectivity index (χ3n) is 3.20. The van der Waals surface area contributed by atoms with Crippen LogP contribution in [0.4, 0.5) is 5.13 Å². The Bertz CT molecular complexity index is 871. The first-order valence-corrected chi connectivity index (χ1v) is 9.36. The summed E-state index contributed by atoms with van der Waals surface area (Å²) in [6, 6.07) is 3.11. The lowest BCUT2D eigenvalue weighted by atomic mass is 10.2. The summed E-state index contributed by atoms with van der Waals surface area (Å²) in [5.74, 6) is -0.280. The van der Waals surface area contributed by atoms with E-state index in [2.05, 4.69) is 15.5 Å². The van der Waals surface area contributed by atoms with Crippen LogP contribution < -0.4 is 20.6 Å². The van der Waals surface area contributed by atoms with Crippen molar-refractivity contribution in [1.29, 1.82) is 0 Å². The number of esters is 1. The molecule has 0 atom stereocenters. The van der Waals surface area contributed by atoms with Crippen molar-refractivity contribution in [2.24, 2.45) is 10.8 Å². The Morgan fingerprint density at radius 1 is 1.39 bits per heavy atom. The Morgan fingerprint density at radius 2 is 2.18 bits per heavy atom. The van der Waals surface area contributed by atoms with Crippen LogP contribution in [-0.2, 0) is 20.7 Å². The highest BCUT2D eigenvalue weighted by atomic mass is 35.5. The molecule has 1 aromatic heterocycles. The number of halogens is 1. The molecule has 28 heavy (non-hydrogen) atoms. The van der Waals surface area contributed by atoms with Crippen molar-refractivity contribution in [1.82, 2.24) is 4.98 Å². The highest BCUT2D eigenvalue weighted by Crippen LogP contribution is 2.32. The maximum atomic E-state index is 11.5. The Hall–Kier alpha value is -2.85. The molecule has 0 unspecified atom stereocenters.